The number of likely N-dealkylation sites (N-methyl/N-ethyl adjacent to an activating group) is 1. The maximum Gasteiger partial charge on any atom is 0.159 e. The highest BCUT2D eigenvalue weighted by Crippen LogP contribution is 2.36. The van der Waals surface area contributed by atoms with Crippen molar-refractivity contribution in [2.75, 3.05) is 32.4 Å². The Balaban J connectivity index is 1.73. The van der Waals surface area contributed by atoms with E-state index in [0.29, 0.717) is 11.1 Å². The lowest BCUT2D eigenvalue weighted by Gasteiger charge is -2.16. The van der Waals surface area contributed by atoms with Crippen molar-refractivity contribution in [2.24, 2.45) is 0 Å². The Morgan fingerprint density at radius 3 is 2.85 bits per heavy atom. The SMILES string of the molecule is [2H]/C(CN(C)C([2H])([2H])[2H])=C(/[2H])C(=O)Cc1cc2c(Nc3ccc(OC([2H])([2H])c4ccccn4)c(Cl)c3)c(C#N)cnc2cc1OC([2H])([2H])C. The summed E-state index contributed by atoms with van der Waals surface area (Å²) in [5, 5.41) is 13.4. The van der Waals surface area contributed by atoms with Gasteiger partial charge in [-0.1, -0.05) is 23.7 Å². The van der Waals surface area contributed by atoms with Gasteiger partial charge in [-0.25, -0.2) is 0 Å². The average Bonchev–Trinajstić information content (AvgIpc) is 3.01. The third-order valence-electron chi connectivity index (χ3n) is 5.41. The number of nitriles is 1. The first-order valence-electron chi connectivity index (χ1n) is 16.4. The van der Waals surface area contributed by atoms with Crippen LogP contribution in [0.15, 0.2) is 73.0 Å². The molecule has 0 aliphatic heterocycles. The molecule has 0 bridgehead atoms. The first-order chi connectivity index (χ1) is 22.8. The van der Waals surface area contributed by atoms with Crippen LogP contribution in [0.25, 0.3) is 10.9 Å². The van der Waals surface area contributed by atoms with Gasteiger partial charge < -0.3 is 19.7 Å². The van der Waals surface area contributed by atoms with Crippen LogP contribution in [0.4, 0.5) is 11.4 Å². The van der Waals surface area contributed by atoms with Gasteiger partial charge in [-0.05, 0) is 63.4 Å². The van der Waals surface area contributed by atoms with Crippen molar-refractivity contribution in [3.05, 3.63) is 94.9 Å². The molecule has 0 aliphatic carbocycles. The molecule has 0 fully saturated rings. The van der Waals surface area contributed by atoms with Crippen LogP contribution in [0, 0.1) is 11.3 Å². The molecule has 4 aromatic rings. The molecule has 4 rings (SSSR count). The zero-order valence-electron chi connectivity index (χ0n) is 30.6. The van der Waals surface area contributed by atoms with Gasteiger partial charge in [-0.2, -0.15) is 5.26 Å². The standard InChI is InChI=1S/C31H30ClN5O3/c1-4-39-30-17-28-26(15-21(30)14-25(38)9-7-13-37(2)3)31(22(18-33)19-35-28)36-23-10-11-29(27(32)16-23)40-20-24-8-5-6-12-34-24/h5-12,15-17,19H,4,13-14,20H2,1-3H3,(H,35,36)/b9-7+/i2D3,4D2,7D,9D,20D2. The predicted molar refractivity (Wildman–Crippen MR) is 157 cm³/mol. The molecule has 0 unspecified atom stereocenters. The second-order valence-electron chi connectivity index (χ2n) is 8.39. The van der Waals surface area contributed by atoms with E-state index in [2.05, 4.69) is 15.3 Å². The molecule has 0 amide bonds. The first-order valence-corrected chi connectivity index (χ1v) is 12.3. The van der Waals surface area contributed by atoms with Crippen molar-refractivity contribution >= 4 is 39.7 Å². The van der Waals surface area contributed by atoms with Crippen molar-refractivity contribution in [2.45, 2.75) is 19.9 Å². The summed E-state index contributed by atoms with van der Waals surface area (Å²) in [7, 11) is 1.24. The highest BCUT2D eigenvalue weighted by molar-refractivity contribution is 6.32. The summed E-state index contributed by atoms with van der Waals surface area (Å²) in [4.78, 5) is 22.3. The summed E-state index contributed by atoms with van der Waals surface area (Å²) < 4.78 is 82.2. The maximum atomic E-state index is 13.2. The largest absolute Gasteiger partial charge is 0.494 e. The smallest absolute Gasteiger partial charge is 0.159 e. The zero-order chi connectivity index (χ0) is 36.3. The number of carbonyl (C=O) groups is 1. The van der Waals surface area contributed by atoms with Crippen LogP contribution in [-0.4, -0.2) is 47.8 Å². The number of hydrogen-bond donors (Lipinski definition) is 1. The fraction of sp³-hybridized carbons (Fsp3) is 0.226. The number of pyridine rings is 2. The number of ether oxygens (including phenoxy) is 2. The predicted octanol–water partition coefficient (Wildman–Crippen LogP) is 6.11. The molecule has 40 heavy (non-hydrogen) atoms. The number of ketones is 1. The summed E-state index contributed by atoms with van der Waals surface area (Å²) in [6.45, 7) is -6.35. The van der Waals surface area contributed by atoms with Gasteiger partial charge in [-0.15, -0.1) is 0 Å². The number of allylic oxidation sites excluding steroid dienone is 1. The van der Waals surface area contributed by atoms with Crippen molar-refractivity contribution in [3.63, 3.8) is 0 Å². The van der Waals surface area contributed by atoms with Crippen molar-refractivity contribution in [3.8, 4) is 17.6 Å². The normalized spacial score (nSPS) is 15.9. The van der Waals surface area contributed by atoms with E-state index >= 15 is 0 Å². The van der Waals surface area contributed by atoms with Gasteiger partial charge in [0.25, 0.3) is 0 Å². The summed E-state index contributed by atoms with van der Waals surface area (Å²) >= 11 is 6.47. The molecule has 1 N–H and O–H groups in total. The molecule has 0 atom stereocenters. The minimum atomic E-state index is -2.54. The van der Waals surface area contributed by atoms with E-state index in [4.69, 9.17) is 33.4 Å². The maximum absolute atomic E-state index is 13.2. The Labute approximate surface area is 251 Å². The zero-order valence-corrected chi connectivity index (χ0v) is 22.3. The molecule has 0 saturated carbocycles. The lowest BCUT2D eigenvalue weighted by atomic mass is 10.0. The van der Waals surface area contributed by atoms with Gasteiger partial charge in [0.05, 0.1) is 42.3 Å². The van der Waals surface area contributed by atoms with Crippen LogP contribution in [0.5, 0.6) is 11.5 Å². The van der Waals surface area contributed by atoms with Gasteiger partial charge in [0.1, 0.15) is 24.1 Å². The lowest BCUT2D eigenvalue weighted by Crippen LogP contribution is -2.11. The number of hydrogen-bond acceptors (Lipinski definition) is 8. The van der Waals surface area contributed by atoms with Gasteiger partial charge in [0, 0.05) is 52.2 Å². The number of halogens is 1. The monoisotopic (exact) mass is 564 g/mol. The molecule has 0 radical (unpaired) electrons. The average molecular weight is 565 g/mol. The summed E-state index contributed by atoms with van der Waals surface area (Å²) in [6, 6.07) is 12.8. The molecule has 0 saturated heterocycles. The molecule has 0 spiro atoms. The van der Waals surface area contributed by atoms with Crippen LogP contribution >= 0.6 is 11.6 Å². The van der Waals surface area contributed by atoms with E-state index < -0.39 is 50.9 Å². The van der Waals surface area contributed by atoms with E-state index in [1.807, 2.05) is 6.07 Å². The number of nitrogens with one attached hydrogen (secondary N) is 1. The van der Waals surface area contributed by atoms with Gasteiger partial charge in [-0.3, -0.25) is 14.8 Å². The number of carbonyl (C=O) groups excluding carboxylic acids is 1. The number of aromatic nitrogens is 2. The highest BCUT2D eigenvalue weighted by atomic mass is 35.5. The van der Waals surface area contributed by atoms with Crippen molar-refractivity contribution < 1.29 is 26.6 Å². The fourth-order valence-electron chi connectivity index (χ4n) is 3.64. The van der Waals surface area contributed by atoms with Gasteiger partial charge in [0.15, 0.2) is 5.78 Å². The van der Waals surface area contributed by atoms with E-state index in [-0.39, 0.29) is 44.5 Å². The topological polar surface area (TPSA) is 100 Å². The molecule has 2 aromatic heterocycles. The van der Waals surface area contributed by atoms with E-state index in [1.165, 1.54) is 49.8 Å². The van der Waals surface area contributed by atoms with Crippen LogP contribution in [-0.2, 0) is 17.8 Å². The van der Waals surface area contributed by atoms with E-state index in [9.17, 15) is 10.1 Å². The Kier molecular flexibility index (Phi) is 6.36. The Hall–Kier alpha value is -4.45. The molecule has 9 heteroatoms. The van der Waals surface area contributed by atoms with Crippen LogP contribution in [0.1, 0.15) is 36.1 Å². The Morgan fingerprint density at radius 2 is 2.12 bits per heavy atom. The lowest BCUT2D eigenvalue weighted by molar-refractivity contribution is -0.114. The minimum absolute atomic E-state index is 0.0254. The molecular formula is C31H30ClN5O3. The summed E-state index contributed by atoms with van der Waals surface area (Å²) in [5.74, 6) is -0.892. The third kappa shape index (κ3) is 7.35. The number of nitrogens with zero attached hydrogens (tertiary/aromatic N) is 4. The van der Waals surface area contributed by atoms with Gasteiger partial charge >= 0.3 is 0 Å². The molecule has 2 heterocycles. The summed E-state index contributed by atoms with van der Waals surface area (Å²) in [6.07, 6.45) is 2.20. The van der Waals surface area contributed by atoms with Crippen LogP contribution in [0.3, 0.4) is 0 Å². The van der Waals surface area contributed by atoms with Crippen molar-refractivity contribution in [1.29, 1.82) is 5.26 Å². The summed E-state index contributed by atoms with van der Waals surface area (Å²) in [5.41, 5.74) is 1.12. The van der Waals surface area contributed by atoms with E-state index in [0.717, 1.165) is 11.8 Å². The Morgan fingerprint density at radius 1 is 1.25 bits per heavy atom. The Bertz CT molecular complexity index is 1950. The second kappa shape index (κ2) is 13.6. The van der Waals surface area contributed by atoms with Crippen LogP contribution in [0.2, 0.25) is 5.02 Å². The molecular weight excluding hydrogens is 526 g/mol. The third-order valence-corrected chi connectivity index (χ3v) is 5.70. The number of rotatable bonds is 12. The molecule has 8 nitrogen and oxygen atoms in total. The van der Waals surface area contributed by atoms with Gasteiger partial charge in [0.2, 0.25) is 0 Å². The van der Waals surface area contributed by atoms with Crippen LogP contribution < -0.4 is 14.8 Å². The second-order valence-corrected chi connectivity index (χ2v) is 8.80. The number of benzene rings is 2. The molecule has 0 aliphatic rings. The first kappa shape index (κ1) is 18.8. The molecule has 204 valence electrons. The quantitative estimate of drug-likeness (QED) is 0.206. The number of fused-ring (bicyclic) bond motifs is 1. The van der Waals surface area contributed by atoms with E-state index in [1.54, 1.807) is 18.2 Å². The fourth-order valence-corrected chi connectivity index (χ4v) is 3.86. The van der Waals surface area contributed by atoms with Crippen molar-refractivity contribution in [1.82, 2.24) is 14.9 Å². The minimum Gasteiger partial charge on any atom is -0.494 e. The highest BCUT2D eigenvalue weighted by Gasteiger charge is 2.16. The molecule has 2 aromatic carbocycles. The number of anilines is 2.